The molecule has 0 heterocycles. The number of rotatable bonds is 8. The molecule has 0 bridgehead atoms. The van der Waals surface area contributed by atoms with Gasteiger partial charge in [-0.1, -0.05) is 51.1 Å². The smallest absolute Gasteiger partial charge is 0.0465 e. The second kappa shape index (κ2) is 8.28. The molecule has 3 unspecified atom stereocenters. The monoisotopic (exact) mass is 249 g/mol. The molecule has 3 atom stereocenters. The van der Waals surface area contributed by atoms with Crippen LogP contribution in [0.1, 0.15) is 38.7 Å². The molecular formula is C16H27NO. The van der Waals surface area contributed by atoms with Crippen LogP contribution in [0.5, 0.6) is 0 Å². The van der Waals surface area contributed by atoms with Gasteiger partial charge in [-0.15, -0.1) is 0 Å². The quantitative estimate of drug-likeness (QED) is 0.762. The van der Waals surface area contributed by atoms with Gasteiger partial charge in [0.1, 0.15) is 0 Å². The topological polar surface area (TPSA) is 21.3 Å². The number of likely N-dealkylation sites (N-methyl/N-ethyl adjacent to an activating group) is 1. The van der Waals surface area contributed by atoms with Crippen LogP contribution >= 0.6 is 0 Å². The lowest BCUT2D eigenvalue weighted by Crippen LogP contribution is -2.39. The first kappa shape index (κ1) is 15.2. The number of hydrogen-bond donors (Lipinski definition) is 1. The lowest BCUT2D eigenvalue weighted by atomic mass is 9.84. The van der Waals surface area contributed by atoms with Crippen LogP contribution in [0.3, 0.4) is 0 Å². The summed E-state index contributed by atoms with van der Waals surface area (Å²) in [5.41, 5.74) is 1.41. The Morgan fingerprint density at radius 2 is 1.83 bits per heavy atom. The lowest BCUT2D eigenvalue weighted by Gasteiger charge is -2.30. The van der Waals surface area contributed by atoms with Gasteiger partial charge in [-0.25, -0.2) is 0 Å². The van der Waals surface area contributed by atoms with Gasteiger partial charge in [0.25, 0.3) is 0 Å². The molecule has 0 fully saturated rings. The van der Waals surface area contributed by atoms with Gasteiger partial charge in [-0.2, -0.15) is 0 Å². The zero-order valence-corrected chi connectivity index (χ0v) is 12.1. The zero-order chi connectivity index (χ0) is 13.4. The normalized spacial score (nSPS) is 16.2. The largest absolute Gasteiger partial charge is 0.385 e. The summed E-state index contributed by atoms with van der Waals surface area (Å²) in [6, 6.07) is 11.3. The third-order valence-electron chi connectivity index (χ3n) is 3.69. The predicted octanol–water partition coefficient (Wildman–Crippen LogP) is 3.44. The zero-order valence-electron chi connectivity index (χ0n) is 12.1. The molecule has 0 aromatic heterocycles. The molecule has 1 aromatic rings. The number of nitrogens with one attached hydrogen (secondary N) is 1. The van der Waals surface area contributed by atoms with Crippen molar-refractivity contribution in [2.75, 3.05) is 20.3 Å². The Kier molecular flexibility index (Phi) is 6.99. The van der Waals surface area contributed by atoms with Gasteiger partial charge < -0.3 is 10.1 Å². The maximum atomic E-state index is 5.20. The summed E-state index contributed by atoms with van der Waals surface area (Å²) in [6.07, 6.45) is 1.10. The van der Waals surface area contributed by atoms with Crippen LogP contribution in [-0.2, 0) is 4.74 Å². The average Bonchev–Trinajstić information content (AvgIpc) is 2.42. The number of ether oxygens (including phenoxy) is 1. The maximum Gasteiger partial charge on any atom is 0.0465 e. The molecule has 2 nitrogen and oxygen atoms in total. The average molecular weight is 249 g/mol. The number of methoxy groups -OCH3 is 1. The molecular weight excluding hydrogens is 222 g/mol. The first-order valence-corrected chi connectivity index (χ1v) is 6.98. The second-order valence-corrected chi connectivity index (χ2v) is 5.04. The SMILES string of the molecule is CCNC(C(C)CCOC)C(C)c1ccccc1. The Hall–Kier alpha value is -0.860. The maximum absolute atomic E-state index is 5.20. The molecule has 1 rings (SSSR count). The van der Waals surface area contributed by atoms with E-state index < -0.39 is 0 Å². The Bertz CT molecular complexity index is 312. The highest BCUT2D eigenvalue weighted by Crippen LogP contribution is 2.25. The molecule has 0 aliphatic rings. The summed E-state index contributed by atoms with van der Waals surface area (Å²) >= 11 is 0. The Morgan fingerprint density at radius 1 is 1.17 bits per heavy atom. The van der Waals surface area contributed by atoms with E-state index >= 15 is 0 Å². The van der Waals surface area contributed by atoms with Crippen LogP contribution < -0.4 is 5.32 Å². The molecule has 0 radical (unpaired) electrons. The van der Waals surface area contributed by atoms with Crippen molar-refractivity contribution < 1.29 is 4.74 Å². The first-order chi connectivity index (χ1) is 8.70. The molecule has 1 N–H and O–H groups in total. The molecule has 0 saturated heterocycles. The van der Waals surface area contributed by atoms with Crippen molar-refractivity contribution in [1.29, 1.82) is 0 Å². The highest BCUT2D eigenvalue weighted by atomic mass is 16.5. The van der Waals surface area contributed by atoms with E-state index in [2.05, 4.69) is 56.4 Å². The van der Waals surface area contributed by atoms with Crippen molar-refractivity contribution in [3.05, 3.63) is 35.9 Å². The Labute approximate surface area is 112 Å². The standard InChI is InChI=1S/C16H27NO/c1-5-17-16(13(2)11-12-18-4)14(3)15-9-7-6-8-10-15/h6-10,13-14,16-17H,5,11-12H2,1-4H3. The third kappa shape index (κ3) is 4.43. The molecule has 0 saturated carbocycles. The number of hydrogen-bond acceptors (Lipinski definition) is 2. The van der Waals surface area contributed by atoms with Gasteiger partial charge in [0.2, 0.25) is 0 Å². The van der Waals surface area contributed by atoms with Crippen molar-refractivity contribution in [3.63, 3.8) is 0 Å². The molecule has 0 spiro atoms. The van der Waals surface area contributed by atoms with Crippen LogP contribution in [0.4, 0.5) is 0 Å². The van der Waals surface area contributed by atoms with Gasteiger partial charge in [0, 0.05) is 19.8 Å². The molecule has 18 heavy (non-hydrogen) atoms. The van der Waals surface area contributed by atoms with E-state index in [1.165, 1.54) is 5.56 Å². The molecule has 2 heteroatoms. The van der Waals surface area contributed by atoms with Crippen LogP contribution in [-0.4, -0.2) is 26.3 Å². The van der Waals surface area contributed by atoms with Gasteiger partial charge in [-0.3, -0.25) is 0 Å². The van der Waals surface area contributed by atoms with Crippen molar-refractivity contribution in [1.82, 2.24) is 5.32 Å². The minimum atomic E-state index is 0.507. The fourth-order valence-electron chi connectivity index (χ4n) is 2.55. The first-order valence-electron chi connectivity index (χ1n) is 6.98. The summed E-state index contributed by atoms with van der Waals surface area (Å²) in [4.78, 5) is 0. The Balaban J connectivity index is 2.71. The van der Waals surface area contributed by atoms with Crippen LogP contribution in [0.2, 0.25) is 0 Å². The minimum Gasteiger partial charge on any atom is -0.385 e. The van der Waals surface area contributed by atoms with E-state index in [1.807, 2.05) is 0 Å². The lowest BCUT2D eigenvalue weighted by molar-refractivity contribution is 0.166. The van der Waals surface area contributed by atoms with E-state index in [4.69, 9.17) is 4.74 Å². The molecule has 1 aromatic carbocycles. The van der Waals surface area contributed by atoms with Crippen molar-refractivity contribution in [2.24, 2.45) is 5.92 Å². The van der Waals surface area contributed by atoms with Crippen LogP contribution in [0.25, 0.3) is 0 Å². The van der Waals surface area contributed by atoms with Gasteiger partial charge in [0.05, 0.1) is 0 Å². The summed E-state index contributed by atoms with van der Waals surface area (Å²) in [7, 11) is 1.77. The highest BCUT2D eigenvalue weighted by molar-refractivity contribution is 5.20. The van der Waals surface area contributed by atoms with E-state index in [9.17, 15) is 0 Å². The molecule has 102 valence electrons. The van der Waals surface area contributed by atoms with Crippen molar-refractivity contribution in [3.8, 4) is 0 Å². The molecule has 0 aliphatic carbocycles. The van der Waals surface area contributed by atoms with E-state index in [0.29, 0.717) is 17.9 Å². The van der Waals surface area contributed by atoms with E-state index in [0.717, 1.165) is 19.6 Å². The number of benzene rings is 1. The predicted molar refractivity (Wildman–Crippen MR) is 78.0 cm³/mol. The second-order valence-electron chi connectivity index (χ2n) is 5.04. The van der Waals surface area contributed by atoms with Gasteiger partial charge in [-0.05, 0) is 30.4 Å². The molecule has 0 aliphatic heterocycles. The minimum absolute atomic E-state index is 0.507. The third-order valence-corrected chi connectivity index (χ3v) is 3.69. The van der Waals surface area contributed by atoms with Crippen molar-refractivity contribution >= 4 is 0 Å². The fourth-order valence-corrected chi connectivity index (χ4v) is 2.55. The summed E-state index contributed by atoms with van der Waals surface area (Å²) in [5.74, 6) is 1.14. The van der Waals surface area contributed by atoms with Gasteiger partial charge in [0.15, 0.2) is 0 Å². The van der Waals surface area contributed by atoms with Crippen molar-refractivity contribution in [2.45, 2.75) is 39.2 Å². The Morgan fingerprint density at radius 3 is 2.39 bits per heavy atom. The molecule has 0 amide bonds. The van der Waals surface area contributed by atoms with E-state index in [1.54, 1.807) is 7.11 Å². The highest BCUT2D eigenvalue weighted by Gasteiger charge is 2.23. The summed E-state index contributed by atoms with van der Waals surface area (Å²) in [6.45, 7) is 8.65. The summed E-state index contributed by atoms with van der Waals surface area (Å²) < 4.78 is 5.20. The van der Waals surface area contributed by atoms with Crippen LogP contribution in [0.15, 0.2) is 30.3 Å². The fraction of sp³-hybridized carbons (Fsp3) is 0.625. The van der Waals surface area contributed by atoms with Crippen LogP contribution in [0, 0.1) is 5.92 Å². The van der Waals surface area contributed by atoms with Gasteiger partial charge >= 0.3 is 0 Å². The summed E-state index contributed by atoms with van der Waals surface area (Å²) in [5, 5.41) is 3.63. The van der Waals surface area contributed by atoms with E-state index in [-0.39, 0.29) is 0 Å².